The number of aryl methyl sites for hydroxylation is 1. The fraction of sp³-hybridized carbons (Fsp3) is 0.385. The summed E-state index contributed by atoms with van der Waals surface area (Å²) >= 11 is 0. The Hall–Kier alpha value is -4.08. The molecule has 1 heterocycles. The zero-order valence-corrected chi connectivity index (χ0v) is 20.1. The Morgan fingerprint density at radius 1 is 1.14 bits per heavy atom. The van der Waals surface area contributed by atoms with Gasteiger partial charge in [-0.3, -0.25) is 29.8 Å². The highest BCUT2D eigenvalue weighted by atomic mass is 16.6. The summed E-state index contributed by atoms with van der Waals surface area (Å²) in [5.74, 6) is -0.707. The molecule has 0 spiro atoms. The summed E-state index contributed by atoms with van der Waals surface area (Å²) in [6.45, 7) is 2.12. The van der Waals surface area contributed by atoms with Crippen LogP contribution in [0.4, 0.5) is 11.6 Å². The van der Waals surface area contributed by atoms with E-state index in [0.29, 0.717) is 11.0 Å². The summed E-state index contributed by atoms with van der Waals surface area (Å²) in [5.41, 5.74) is 7.58. The van der Waals surface area contributed by atoms with Gasteiger partial charge in [-0.25, -0.2) is 4.98 Å². The topological polar surface area (TPSA) is 150 Å². The standard InChI is InChI=1S/C26H29N5O5/c1-16(24(33)17-5-3-2-4-6-17)19-9-12-22-21(15-19)28-26(30(22)14-13-23(27)32)29-25(34)18-7-10-20(11-8-18)31(35)36/h7-12,15-17H,2-6,13-14H2,1H3,(H2,27,32)(H,28,29,34). The van der Waals surface area contributed by atoms with Gasteiger partial charge in [-0.15, -0.1) is 0 Å². The first-order chi connectivity index (χ1) is 17.2. The van der Waals surface area contributed by atoms with Crippen molar-refractivity contribution in [2.45, 2.75) is 57.9 Å². The van der Waals surface area contributed by atoms with Crippen LogP contribution in [-0.2, 0) is 16.1 Å². The summed E-state index contributed by atoms with van der Waals surface area (Å²) in [7, 11) is 0. The minimum absolute atomic E-state index is 0.0458. The zero-order valence-electron chi connectivity index (χ0n) is 20.1. The number of amides is 2. The van der Waals surface area contributed by atoms with Gasteiger partial charge in [0.05, 0.1) is 16.0 Å². The van der Waals surface area contributed by atoms with Crippen LogP contribution in [0.25, 0.3) is 11.0 Å². The lowest BCUT2D eigenvalue weighted by atomic mass is 9.80. The summed E-state index contributed by atoms with van der Waals surface area (Å²) in [6.07, 6.45) is 5.28. The molecule has 0 saturated heterocycles. The second-order valence-corrected chi connectivity index (χ2v) is 9.27. The third kappa shape index (κ3) is 5.42. The number of carbonyl (C=O) groups excluding carboxylic acids is 3. The van der Waals surface area contributed by atoms with Crippen LogP contribution in [-0.4, -0.2) is 32.1 Å². The van der Waals surface area contributed by atoms with Crippen molar-refractivity contribution in [2.24, 2.45) is 11.7 Å². The quantitative estimate of drug-likeness (QED) is 0.336. The molecule has 3 N–H and O–H groups in total. The van der Waals surface area contributed by atoms with Gasteiger partial charge in [-0.05, 0) is 42.7 Å². The van der Waals surface area contributed by atoms with Gasteiger partial charge >= 0.3 is 0 Å². The number of aromatic nitrogens is 2. The molecule has 10 heteroatoms. The van der Waals surface area contributed by atoms with Crippen LogP contribution in [0.5, 0.6) is 0 Å². The Balaban J connectivity index is 1.62. The number of nitro groups is 1. The third-order valence-electron chi connectivity index (χ3n) is 6.85. The molecule has 1 unspecified atom stereocenters. The van der Waals surface area contributed by atoms with Crippen LogP contribution in [0.1, 0.15) is 67.3 Å². The van der Waals surface area contributed by atoms with Gasteiger partial charge in [-0.1, -0.05) is 32.3 Å². The molecule has 1 aromatic heterocycles. The first-order valence-corrected chi connectivity index (χ1v) is 12.1. The lowest BCUT2D eigenvalue weighted by molar-refractivity contribution is -0.384. The lowest BCUT2D eigenvalue weighted by Gasteiger charge is -2.23. The molecule has 10 nitrogen and oxygen atoms in total. The van der Waals surface area contributed by atoms with Crippen molar-refractivity contribution in [3.05, 3.63) is 63.7 Å². The highest BCUT2D eigenvalue weighted by molar-refractivity contribution is 6.04. The van der Waals surface area contributed by atoms with Gasteiger partial charge in [0.2, 0.25) is 11.9 Å². The van der Waals surface area contributed by atoms with Crippen molar-refractivity contribution < 1.29 is 19.3 Å². The van der Waals surface area contributed by atoms with E-state index in [4.69, 9.17) is 5.73 Å². The Bertz CT molecular complexity index is 1310. The fourth-order valence-electron chi connectivity index (χ4n) is 4.77. The number of imidazole rings is 1. The van der Waals surface area contributed by atoms with E-state index < -0.39 is 16.7 Å². The van der Waals surface area contributed by atoms with Crippen LogP contribution < -0.4 is 11.1 Å². The molecule has 0 aliphatic heterocycles. The van der Waals surface area contributed by atoms with Crippen LogP contribution in [0.15, 0.2) is 42.5 Å². The molecule has 1 aliphatic carbocycles. The number of nitrogens with one attached hydrogen (secondary N) is 1. The molecule has 36 heavy (non-hydrogen) atoms. The zero-order chi connectivity index (χ0) is 25.8. The number of hydrogen-bond donors (Lipinski definition) is 2. The normalized spacial score (nSPS) is 14.9. The SMILES string of the molecule is CC(C(=O)C1CCCCC1)c1ccc2c(c1)nc(NC(=O)c1ccc([N+](=O)[O-])cc1)n2CCC(N)=O. The number of fused-ring (bicyclic) bond motifs is 1. The van der Waals surface area contributed by atoms with Crippen LogP contribution in [0.3, 0.4) is 0 Å². The number of anilines is 1. The summed E-state index contributed by atoms with van der Waals surface area (Å²) < 4.78 is 1.70. The number of nitrogens with zero attached hydrogens (tertiary/aromatic N) is 3. The molecule has 1 atom stereocenters. The smallest absolute Gasteiger partial charge is 0.269 e. The average molecular weight is 492 g/mol. The van der Waals surface area contributed by atoms with Crippen molar-refractivity contribution in [1.29, 1.82) is 0 Å². The summed E-state index contributed by atoms with van der Waals surface area (Å²) in [5, 5.41) is 13.6. The number of carbonyl (C=O) groups is 3. The van der Waals surface area contributed by atoms with Crippen molar-refractivity contribution in [3.8, 4) is 0 Å². The highest BCUT2D eigenvalue weighted by Gasteiger charge is 2.27. The van der Waals surface area contributed by atoms with Crippen molar-refractivity contribution in [1.82, 2.24) is 9.55 Å². The first kappa shape index (κ1) is 25.0. The van der Waals surface area contributed by atoms with Crippen LogP contribution in [0.2, 0.25) is 0 Å². The van der Waals surface area contributed by atoms with E-state index in [-0.39, 0.29) is 47.8 Å². The maximum atomic E-state index is 13.1. The van der Waals surface area contributed by atoms with Crippen LogP contribution >= 0.6 is 0 Å². The predicted octanol–water partition coefficient (Wildman–Crippen LogP) is 4.33. The number of nitro benzene ring substituents is 1. The minimum Gasteiger partial charge on any atom is -0.370 e. The molecule has 2 aromatic carbocycles. The Morgan fingerprint density at radius 2 is 1.83 bits per heavy atom. The molecule has 1 aliphatic rings. The number of ketones is 1. The van der Waals surface area contributed by atoms with Gasteiger partial charge < -0.3 is 10.3 Å². The van der Waals surface area contributed by atoms with Crippen molar-refractivity contribution in [2.75, 3.05) is 5.32 Å². The number of Topliss-reactive ketones (excluding diaryl/α,β-unsaturated/α-hetero) is 1. The van der Waals surface area contributed by atoms with E-state index >= 15 is 0 Å². The molecule has 3 aromatic rings. The fourth-order valence-corrected chi connectivity index (χ4v) is 4.77. The molecule has 1 fully saturated rings. The van der Waals surface area contributed by atoms with E-state index in [0.717, 1.165) is 31.2 Å². The number of primary amides is 1. The molecular weight excluding hydrogens is 462 g/mol. The van der Waals surface area contributed by atoms with Crippen LogP contribution in [0, 0.1) is 16.0 Å². The number of hydrogen-bond acceptors (Lipinski definition) is 6. The maximum absolute atomic E-state index is 13.1. The largest absolute Gasteiger partial charge is 0.370 e. The second-order valence-electron chi connectivity index (χ2n) is 9.27. The molecule has 2 amide bonds. The molecule has 1 saturated carbocycles. The number of non-ortho nitro benzene ring substituents is 1. The van der Waals surface area contributed by atoms with Crippen molar-refractivity contribution >= 4 is 40.3 Å². The Labute approximate surface area is 208 Å². The van der Waals surface area contributed by atoms with Gasteiger partial charge in [0, 0.05) is 42.5 Å². The average Bonchev–Trinajstić information content (AvgIpc) is 3.22. The van der Waals surface area contributed by atoms with E-state index in [1.165, 1.54) is 30.7 Å². The molecule has 0 radical (unpaired) electrons. The van der Waals surface area contributed by atoms with E-state index in [9.17, 15) is 24.5 Å². The Morgan fingerprint density at radius 3 is 2.47 bits per heavy atom. The van der Waals surface area contributed by atoms with E-state index in [2.05, 4.69) is 10.3 Å². The molecule has 4 rings (SSSR count). The van der Waals surface area contributed by atoms with Crippen molar-refractivity contribution in [3.63, 3.8) is 0 Å². The first-order valence-electron chi connectivity index (χ1n) is 12.1. The maximum Gasteiger partial charge on any atom is 0.269 e. The summed E-state index contributed by atoms with van der Waals surface area (Å²) in [4.78, 5) is 52.3. The third-order valence-corrected chi connectivity index (χ3v) is 6.85. The molecule has 188 valence electrons. The molecular formula is C26H29N5O5. The predicted molar refractivity (Wildman–Crippen MR) is 135 cm³/mol. The number of nitrogens with two attached hydrogens (primary N) is 1. The van der Waals surface area contributed by atoms with E-state index in [1.807, 2.05) is 25.1 Å². The van der Waals surface area contributed by atoms with Gasteiger partial charge in [-0.2, -0.15) is 0 Å². The van der Waals surface area contributed by atoms with Gasteiger partial charge in [0.15, 0.2) is 0 Å². The monoisotopic (exact) mass is 491 g/mol. The second kappa shape index (κ2) is 10.7. The number of rotatable bonds is 9. The van der Waals surface area contributed by atoms with E-state index in [1.54, 1.807) is 4.57 Å². The van der Waals surface area contributed by atoms with Gasteiger partial charge in [0.1, 0.15) is 5.78 Å². The Kier molecular flexibility index (Phi) is 7.42. The number of benzene rings is 2. The molecule has 0 bridgehead atoms. The van der Waals surface area contributed by atoms with Gasteiger partial charge in [0.25, 0.3) is 11.6 Å². The summed E-state index contributed by atoms with van der Waals surface area (Å²) in [6, 6.07) is 10.8. The highest BCUT2D eigenvalue weighted by Crippen LogP contribution is 2.32. The lowest BCUT2D eigenvalue weighted by Crippen LogP contribution is -2.22. The minimum atomic E-state index is -0.539.